The molecule has 0 aliphatic rings. The molecule has 3 aromatic rings. The van der Waals surface area contributed by atoms with Gasteiger partial charge in [0.2, 0.25) is 5.91 Å². The van der Waals surface area contributed by atoms with Crippen LogP contribution in [0, 0.1) is 5.92 Å². The van der Waals surface area contributed by atoms with Gasteiger partial charge in [0.05, 0.1) is 11.1 Å². The number of rotatable bonds is 3. The summed E-state index contributed by atoms with van der Waals surface area (Å²) in [6, 6.07) is 10.1. The Hall–Kier alpha value is -2.60. The second kappa shape index (κ2) is 6.85. The predicted molar refractivity (Wildman–Crippen MR) is 100 cm³/mol. The smallest absolute Gasteiger partial charge is 0.324 e. The first-order chi connectivity index (χ1) is 12.6. The molecule has 0 aliphatic carbocycles. The van der Waals surface area contributed by atoms with E-state index in [4.69, 9.17) is 5.73 Å². The lowest BCUT2D eigenvalue weighted by Gasteiger charge is -2.13. The molecule has 2 aromatic carbocycles. The lowest BCUT2D eigenvalue weighted by molar-refractivity contribution is -0.137. The van der Waals surface area contributed by atoms with Crippen LogP contribution in [0.5, 0.6) is 0 Å². The van der Waals surface area contributed by atoms with E-state index in [1.165, 1.54) is 16.7 Å². The van der Waals surface area contributed by atoms with Crippen molar-refractivity contribution >= 4 is 16.8 Å². The molecule has 1 atom stereocenters. The van der Waals surface area contributed by atoms with Gasteiger partial charge in [-0.15, -0.1) is 0 Å². The number of carbonyl (C=O) groups excluding carboxylic acids is 1. The van der Waals surface area contributed by atoms with Gasteiger partial charge in [0.15, 0.2) is 0 Å². The third kappa shape index (κ3) is 3.49. The van der Waals surface area contributed by atoms with Crippen molar-refractivity contribution in [1.82, 2.24) is 4.57 Å². The highest BCUT2D eigenvalue weighted by Gasteiger charge is 2.33. The Bertz CT molecular complexity index is 1000. The van der Waals surface area contributed by atoms with Crippen LogP contribution in [0.25, 0.3) is 22.0 Å². The number of hydrogen-bond acceptors (Lipinski definition) is 2. The van der Waals surface area contributed by atoms with Gasteiger partial charge in [-0.3, -0.25) is 9.36 Å². The number of aromatic nitrogens is 1. The molecule has 0 spiro atoms. The molecule has 1 aromatic heterocycles. The monoisotopic (exact) mass is 374 g/mol. The number of carbonyl (C=O) groups is 1. The van der Waals surface area contributed by atoms with Crippen LogP contribution in [-0.2, 0) is 6.18 Å². The summed E-state index contributed by atoms with van der Waals surface area (Å²) in [5.41, 5.74) is 7.16. The molecule has 2 N–H and O–H groups in total. The molecule has 0 saturated carbocycles. The van der Waals surface area contributed by atoms with Gasteiger partial charge in [0, 0.05) is 23.5 Å². The number of halogens is 3. The van der Waals surface area contributed by atoms with E-state index in [0.717, 1.165) is 17.0 Å². The van der Waals surface area contributed by atoms with Gasteiger partial charge in [-0.2, -0.15) is 13.2 Å². The molecule has 142 valence electrons. The Morgan fingerprint density at radius 3 is 2.33 bits per heavy atom. The van der Waals surface area contributed by atoms with Crippen molar-refractivity contribution in [2.24, 2.45) is 11.7 Å². The van der Waals surface area contributed by atoms with E-state index in [-0.39, 0.29) is 23.4 Å². The summed E-state index contributed by atoms with van der Waals surface area (Å²) in [7, 11) is 0. The van der Waals surface area contributed by atoms with Crippen molar-refractivity contribution in [2.75, 3.05) is 0 Å². The number of fused-ring (bicyclic) bond motifs is 1. The van der Waals surface area contributed by atoms with E-state index in [2.05, 4.69) is 0 Å². The molecule has 3 nitrogen and oxygen atoms in total. The SMILES string of the molecule is CC(C)C(=O)n1cc([C@@H](C)N)c2ccc(-c3ccccc3C(F)(F)F)cc21. The van der Waals surface area contributed by atoms with Gasteiger partial charge in [-0.05, 0) is 35.7 Å². The normalized spacial score (nSPS) is 13.3. The summed E-state index contributed by atoms with van der Waals surface area (Å²) in [5, 5.41) is 0.771. The Morgan fingerprint density at radius 2 is 1.74 bits per heavy atom. The minimum absolute atomic E-state index is 0.0824. The van der Waals surface area contributed by atoms with Crippen molar-refractivity contribution in [3.05, 3.63) is 59.8 Å². The molecule has 3 rings (SSSR count). The maximum Gasteiger partial charge on any atom is 0.417 e. The quantitative estimate of drug-likeness (QED) is 0.645. The van der Waals surface area contributed by atoms with Gasteiger partial charge in [0.1, 0.15) is 0 Å². The molecule has 27 heavy (non-hydrogen) atoms. The van der Waals surface area contributed by atoms with E-state index >= 15 is 0 Å². The van der Waals surface area contributed by atoms with E-state index in [0.29, 0.717) is 11.1 Å². The van der Waals surface area contributed by atoms with Gasteiger partial charge < -0.3 is 5.73 Å². The number of alkyl halides is 3. The topological polar surface area (TPSA) is 48.0 Å². The van der Waals surface area contributed by atoms with Crippen LogP contribution in [0.1, 0.15) is 42.7 Å². The van der Waals surface area contributed by atoms with E-state index < -0.39 is 11.7 Å². The summed E-state index contributed by atoms with van der Waals surface area (Å²) >= 11 is 0. The maximum atomic E-state index is 13.4. The van der Waals surface area contributed by atoms with Gasteiger partial charge >= 0.3 is 6.18 Å². The number of nitrogens with zero attached hydrogens (tertiary/aromatic N) is 1. The second-order valence-electron chi connectivity index (χ2n) is 7.01. The molecular weight excluding hydrogens is 353 g/mol. The van der Waals surface area contributed by atoms with Crippen LogP contribution in [0.3, 0.4) is 0 Å². The number of nitrogens with two attached hydrogens (primary N) is 1. The standard InChI is InChI=1S/C21H21F3N2O/c1-12(2)20(27)26-11-17(13(3)25)16-9-8-14(10-19(16)26)15-6-4-5-7-18(15)21(22,23)24/h4-13H,25H2,1-3H3/t13-/m1/s1. The molecule has 6 heteroatoms. The van der Waals surface area contributed by atoms with Crippen molar-refractivity contribution in [1.29, 1.82) is 0 Å². The van der Waals surface area contributed by atoms with E-state index in [1.807, 2.05) is 6.92 Å². The summed E-state index contributed by atoms with van der Waals surface area (Å²) < 4.78 is 41.7. The van der Waals surface area contributed by atoms with Crippen molar-refractivity contribution in [3.63, 3.8) is 0 Å². The molecule has 0 saturated heterocycles. The zero-order chi connectivity index (χ0) is 19.9. The van der Waals surface area contributed by atoms with Crippen molar-refractivity contribution in [2.45, 2.75) is 33.0 Å². The highest BCUT2D eigenvalue weighted by Crippen LogP contribution is 2.38. The third-order valence-electron chi connectivity index (χ3n) is 4.60. The lowest BCUT2D eigenvalue weighted by Crippen LogP contribution is -2.16. The lowest BCUT2D eigenvalue weighted by atomic mass is 9.97. The van der Waals surface area contributed by atoms with E-state index in [9.17, 15) is 18.0 Å². The largest absolute Gasteiger partial charge is 0.417 e. The fourth-order valence-corrected chi connectivity index (χ4v) is 3.23. The summed E-state index contributed by atoms with van der Waals surface area (Å²) in [6.45, 7) is 5.37. The third-order valence-corrected chi connectivity index (χ3v) is 4.60. The Kier molecular flexibility index (Phi) is 4.86. The molecule has 1 heterocycles. The number of hydrogen-bond donors (Lipinski definition) is 1. The highest BCUT2D eigenvalue weighted by atomic mass is 19.4. The Morgan fingerprint density at radius 1 is 1.07 bits per heavy atom. The van der Waals surface area contributed by atoms with Crippen LogP contribution in [-0.4, -0.2) is 10.5 Å². The van der Waals surface area contributed by atoms with Crippen molar-refractivity contribution in [3.8, 4) is 11.1 Å². The zero-order valence-corrected chi connectivity index (χ0v) is 15.3. The van der Waals surface area contributed by atoms with E-state index in [1.54, 1.807) is 44.3 Å². The van der Waals surface area contributed by atoms with Gasteiger partial charge in [-0.1, -0.05) is 44.2 Å². The van der Waals surface area contributed by atoms with Crippen LogP contribution < -0.4 is 5.73 Å². The van der Waals surface area contributed by atoms with Gasteiger partial charge in [0.25, 0.3) is 0 Å². The van der Waals surface area contributed by atoms with Crippen LogP contribution in [0.15, 0.2) is 48.7 Å². The fraction of sp³-hybridized carbons (Fsp3) is 0.286. The average molecular weight is 374 g/mol. The molecule has 0 radical (unpaired) electrons. The minimum Gasteiger partial charge on any atom is -0.324 e. The minimum atomic E-state index is -4.46. The van der Waals surface area contributed by atoms with Crippen LogP contribution >= 0.6 is 0 Å². The first-order valence-electron chi connectivity index (χ1n) is 8.72. The zero-order valence-electron chi connectivity index (χ0n) is 15.3. The second-order valence-corrected chi connectivity index (χ2v) is 7.01. The van der Waals surface area contributed by atoms with Crippen LogP contribution in [0.4, 0.5) is 13.2 Å². The average Bonchev–Trinajstić information content (AvgIpc) is 2.99. The van der Waals surface area contributed by atoms with Gasteiger partial charge in [-0.25, -0.2) is 0 Å². The highest BCUT2D eigenvalue weighted by molar-refractivity contribution is 5.97. The Labute approximate surface area is 155 Å². The summed E-state index contributed by atoms with van der Waals surface area (Å²) in [6.07, 6.45) is -2.77. The molecule has 0 amide bonds. The van der Waals surface area contributed by atoms with Crippen LogP contribution in [0.2, 0.25) is 0 Å². The molecule has 0 fully saturated rings. The fourth-order valence-electron chi connectivity index (χ4n) is 3.23. The molecule has 0 bridgehead atoms. The first kappa shape index (κ1) is 19.2. The van der Waals surface area contributed by atoms with Crippen molar-refractivity contribution < 1.29 is 18.0 Å². The first-order valence-corrected chi connectivity index (χ1v) is 8.72. The molecule has 0 aliphatic heterocycles. The predicted octanol–water partition coefficient (Wildman–Crippen LogP) is 5.64. The summed E-state index contributed by atoms with van der Waals surface area (Å²) in [4.78, 5) is 12.6. The molecule has 0 unspecified atom stereocenters. The maximum absolute atomic E-state index is 13.4. The number of benzene rings is 2. The summed E-state index contributed by atoms with van der Waals surface area (Å²) in [5.74, 6) is -0.388. The molecular formula is C21H21F3N2O. The Balaban J connectivity index is 2.27.